The van der Waals surface area contributed by atoms with Gasteiger partial charge in [-0.2, -0.15) is 0 Å². The van der Waals surface area contributed by atoms with Gasteiger partial charge in [-0.1, -0.05) is 12.1 Å². The number of hydrogen-bond donors (Lipinski definition) is 3. The summed E-state index contributed by atoms with van der Waals surface area (Å²) < 4.78 is 0. The Morgan fingerprint density at radius 1 is 1.23 bits per heavy atom. The van der Waals surface area contributed by atoms with Gasteiger partial charge in [0.1, 0.15) is 5.75 Å². The maximum atomic E-state index is 12.9. The van der Waals surface area contributed by atoms with E-state index >= 15 is 0 Å². The maximum Gasteiger partial charge on any atom is 0.220 e. The summed E-state index contributed by atoms with van der Waals surface area (Å²) in [6.07, 6.45) is 13.9. The third-order valence-corrected chi connectivity index (χ3v) is 9.43. The van der Waals surface area contributed by atoms with Crippen molar-refractivity contribution in [2.75, 3.05) is 26.2 Å². The Kier molecular flexibility index (Phi) is 6.00. The number of aromatic hydroxyl groups is 1. The number of likely N-dealkylation sites (tertiary alicyclic amines) is 1. The highest BCUT2D eigenvalue weighted by Crippen LogP contribution is 2.62. The molecule has 1 amide bonds. The van der Waals surface area contributed by atoms with Crippen LogP contribution in [0.2, 0.25) is 0 Å². The Labute approximate surface area is 208 Å². The van der Waals surface area contributed by atoms with Gasteiger partial charge < -0.3 is 15.5 Å². The highest BCUT2D eigenvalue weighted by molar-refractivity contribution is 5.95. The van der Waals surface area contributed by atoms with Crippen LogP contribution < -0.4 is 5.32 Å². The van der Waals surface area contributed by atoms with Crippen molar-refractivity contribution in [3.8, 4) is 5.75 Å². The summed E-state index contributed by atoms with van der Waals surface area (Å²) in [6, 6.07) is 5.84. The van der Waals surface area contributed by atoms with Gasteiger partial charge in [0.05, 0.1) is 12.1 Å². The second-order valence-corrected chi connectivity index (χ2v) is 11.8. The molecule has 1 saturated heterocycles. The van der Waals surface area contributed by atoms with Crippen LogP contribution in [-0.4, -0.2) is 64.6 Å². The van der Waals surface area contributed by atoms with Gasteiger partial charge in [0.2, 0.25) is 5.91 Å². The number of aliphatic imine (C=N–C) groups is 1. The highest BCUT2D eigenvalue weighted by atomic mass is 16.3. The van der Waals surface area contributed by atoms with Crippen LogP contribution in [0.4, 0.5) is 0 Å². The van der Waals surface area contributed by atoms with Crippen molar-refractivity contribution >= 4 is 11.6 Å². The molecule has 1 heterocycles. The number of allylic oxidation sites excluding steroid dienone is 2. The number of carbonyl (C=O) groups excluding carboxylic acids is 1. The number of amides is 1. The maximum absolute atomic E-state index is 12.9. The van der Waals surface area contributed by atoms with Crippen LogP contribution in [0, 0.1) is 11.8 Å². The van der Waals surface area contributed by atoms with Crippen molar-refractivity contribution in [3.05, 3.63) is 41.5 Å². The molecule has 0 radical (unpaired) electrons. The minimum absolute atomic E-state index is 0.0635. The summed E-state index contributed by atoms with van der Waals surface area (Å²) in [5, 5.41) is 25.8. The lowest BCUT2D eigenvalue weighted by atomic mass is 9.56. The molecule has 2 bridgehead atoms. The first kappa shape index (κ1) is 23.2. The monoisotopic (exact) mass is 477 g/mol. The van der Waals surface area contributed by atoms with Gasteiger partial charge in [0.15, 0.2) is 0 Å². The van der Waals surface area contributed by atoms with E-state index in [0.29, 0.717) is 25.9 Å². The zero-order valence-electron chi connectivity index (χ0n) is 20.7. The summed E-state index contributed by atoms with van der Waals surface area (Å²) in [5.74, 6) is 1.26. The average Bonchev–Trinajstić information content (AvgIpc) is 3.60. The van der Waals surface area contributed by atoms with Crippen LogP contribution in [0.5, 0.6) is 5.75 Å². The van der Waals surface area contributed by atoms with Gasteiger partial charge >= 0.3 is 0 Å². The van der Waals surface area contributed by atoms with Gasteiger partial charge in [-0.05, 0) is 106 Å². The average molecular weight is 478 g/mol. The van der Waals surface area contributed by atoms with Crippen molar-refractivity contribution in [1.29, 1.82) is 0 Å². The Bertz CT molecular complexity index is 1050. The largest absolute Gasteiger partial charge is 0.508 e. The lowest BCUT2D eigenvalue weighted by Gasteiger charge is -2.59. The number of aliphatic hydroxyl groups is 1. The first-order chi connectivity index (χ1) is 17.0. The molecule has 6 nitrogen and oxygen atoms in total. The van der Waals surface area contributed by atoms with E-state index in [2.05, 4.69) is 33.4 Å². The van der Waals surface area contributed by atoms with Crippen LogP contribution in [0.1, 0.15) is 68.9 Å². The van der Waals surface area contributed by atoms with E-state index in [4.69, 9.17) is 0 Å². The molecule has 5 aliphatic rings. The van der Waals surface area contributed by atoms with Crippen molar-refractivity contribution in [2.45, 2.75) is 81.3 Å². The van der Waals surface area contributed by atoms with E-state index in [-0.39, 0.29) is 29.0 Å². The molecule has 1 aromatic carbocycles. The summed E-state index contributed by atoms with van der Waals surface area (Å²) in [5.41, 5.74) is 2.32. The summed E-state index contributed by atoms with van der Waals surface area (Å²) in [7, 11) is 0. The smallest absolute Gasteiger partial charge is 0.220 e. The van der Waals surface area contributed by atoms with E-state index in [1.165, 1.54) is 18.4 Å². The normalized spacial score (nSPS) is 35.1. The zero-order valence-corrected chi connectivity index (χ0v) is 20.7. The van der Waals surface area contributed by atoms with Gasteiger partial charge in [-0.3, -0.25) is 14.7 Å². The number of nitrogens with one attached hydrogen (secondary N) is 1. The van der Waals surface area contributed by atoms with Crippen LogP contribution >= 0.6 is 0 Å². The molecule has 6 rings (SSSR count). The Morgan fingerprint density at radius 2 is 2.11 bits per heavy atom. The number of piperidine rings is 1. The fourth-order valence-corrected chi connectivity index (χ4v) is 7.67. The molecule has 2 saturated carbocycles. The Balaban J connectivity index is 1.17. The van der Waals surface area contributed by atoms with Crippen LogP contribution in [0.3, 0.4) is 0 Å². The molecule has 188 valence electrons. The number of rotatable bonds is 7. The fraction of sp³-hybridized carbons (Fsp3) is 0.655. The second kappa shape index (κ2) is 9.04. The lowest BCUT2D eigenvalue weighted by Crippen LogP contribution is -2.69. The topological polar surface area (TPSA) is 85.2 Å². The van der Waals surface area contributed by atoms with Crippen molar-refractivity contribution in [2.24, 2.45) is 16.8 Å². The van der Waals surface area contributed by atoms with E-state index in [1.54, 1.807) is 6.07 Å². The molecular formula is C29H39N3O3. The first-order valence-corrected chi connectivity index (χ1v) is 13.7. The Morgan fingerprint density at radius 3 is 2.91 bits per heavy atom. The van der Waals surface area contributed by atoms with Gasteiger partial charge in [0, 0.05) is 36.7 Å². The number of nitrogens with zero attached hydrogens (tertiary/aromatic N) is 2. The molecule has 1 aliphatic heterocycles. The molecule has 3 N–H and O–H groups in total. The van der Waals surface area contributed by atoms with Crippen LogP contribution in [0.25, 0.3) is 0 Å². The summed E-state index contributed by atoms with van der Waals surface area (Å²) >= 11 is 0. The molecule has 4 unspecified atom stereocenters. The quantitative estimate of drug-likeness (QED) is 0.525. The number of phenolic OH excluding ortho intramolecular Hbond substituents is 1. The summed E-state index contributed by atoms with van der Waals surface area (Å²) in [6.45, 7) is 3.26. The van der Waals surface area contributed by atoms with Gasteiger partial charge in [-0.15, -0.1) is 0 Å². The van der Waals surface area contributed by atoms with Crippen LogP contribution in [-0.2, 0) is 16.6 Å². The molecular weight excluding hydrogens is 438 g/mol. The van der Waals surface area contributed by atoms with E-state index < -0.39 is 5.60 Å². The summed E-state index contributed by atoms with van der Waals surface area (Å²) in [4.78, 5) is 20.0. The third-order valence-electron chi connectivity index (χ3n) is 9.43. The van der Waals surface area contributed by atoms with E-state index in [9.17, 15) is 15.0 Å². The first-order valence-electron chi connectivity index (χ1n) is 13.7. The number of benzene rings is 1. The molecule has 3 fully saturated rings. The highest BCUT2D eigenvalue weighted by Gasteiger charge is 2.67. The second-order valence-electron chi connectivity index (χ2n) is 11.8. The molecule has 4 atom stereocenters. The number of carbonyl (C=O) groups is 1. The van der Waals surface area contributed by atoms with Crippen LogP contribution in [0.15, 0.2) is 35.3 Å². The predicted octanol–water partition coefficient (Wildman–Crippen LogP) is 3.50. The minimum atomic E-state index is -0.842. The number of phenols is 1. The minimum Gasteiger partial charge on any atom is -0.508 e. The zero-order chi connectivity index (χ0) is 24.0. The SMILES string of the molecule is O=C(CC1CC23CCN(CC4CC4)C(Cc4ccc(O)cc42)C3(O)C1)NCCN=C1C=CCCC1. The number of fused-ring (bicyclic) bond motifs is 1. The van der Waals surface area contributed by atoms with Gasteiger partial charge in [-0.25, -0.2) is 0 Å². The van der Waals surface area contributed by atoms with E-state index in [0.717, 1.165) is 68.8 Å². The molecule has 0 spiro atoms. The van der Waals surface area contributed by atoms with Crippen molar-refractivity contribution in [1.82, 2.24) is 10.2 Å². The Hall–Kier alpha value is -2.18. The molecule has 1 aromatic rings. The van der Waals surface area contributed by atoms with Gasteiger partial charge in [0.25, 0.3) is 0 Å². The standard InChI is InChI=1S/C29H39N3O3/c33-24-9-8-22-15-26-29(35)18-21(14-27(34)31-12-11-30-23-4-2-1-3-5-23)17-28(29,25(22)16-24)10-13-32(26)19-20-6-7-20/h2,4,8-9,16,20-21,26,33,35H,1,3,5-7,10-15,17-19H2,(H,31,34). The molecule has 4 aliphatic carbocycles. The molecule has 6 heteroatoms. The predicted molar refractivity (Wildman–Crippen MR) is 137 cm³/mol. The number of hydrogen-bond acceptors (Lipinski definition) is 5. The van der Waals surface area contributed by atoms with Crippen molar-refractivity contribution < 1.29 is 15.0 Å². The van der Waals surface area contributed by atoms with E-state index in [1.807, 2.05) is 6.07 Å². The third kappa shape index (κ3) is 4.23. The molecule has 35 heavy (non-hydrogen) atoms. The fourth-order valence-electron chi connectivity index (χ4n) is 7.67. The molecule has 0 aromatic heterocycles. The van der Waals surface area contributed by atoms with Crippen molar-refractivity contribution in [3.63, 3.8) is 0 Å². The lowest BCUT2D eigenvalue weighted by molar-refractivity contribution is -0.131.